The summed E-state index contributed by atoms with van der Waals surface area (Å²) in [6, 6.07) is 0. The third-order valence-corrected chi connectivity index (χ3v) is 2.51. The Hall–Kier alpha value is 0.0700. The zero-order valence-electron chi connectivity index (χ0n) is 8.09. The van der Waals surface area contributed by atoms with Gasteiger partial charge < -0.3 is 4.74 Å². The lowest BCUT2D eigenvalue weighted by Gasteiger charge is -2.23. The average molecular weight is 228 g/mol. The molecular formula is C9H16ClF2NO. The maximum absolute atomic E-state index is 12.2. The van der Waals surface area contributed by atoms with E-state index in [1.54, 1.807) is 4.90 Å². The molecule has 1 unspecified atom stereocenters. The monoisotopic (exact) mass is 227 g/mol. The number of halogens is 3. The van der Waals surface area contributed by atoms with Crippen LogP contribution >= 0.6 is 11.6 Å². The second kappa shape index (κ2) is 6.53. The van der Waals surface area contributed by atoms with Crippen LogP contribution in [0.4, 0.5) is 8.78 Å². The third kappa shape index (κ3) is 4.53. The van der Waals surface area contributed by atoms with Crippen molar-refractivity contribution in [2.24, 2.45) is 5.92 Å². The molecule has 1 aliphatic rings. The van der Waals surface area contributed by atoms with Crippen LogP contribution in [-0.4, -0.2) is 50.1 Å². The van der Waals surface area contributed by atoms with Crippen molar-refractivity contribution in [3.05, 3.63) is 0 Å². The van der Waals surface area contributed by atoms with Crippen molar-refractivity contribution in [2.75, 3.05) is 38.7 Å². The van der Waals surface area contributed by atoms with Crippen molar-refractivity contribution in [1.29, 1.82) is 0 Å². The molecule has 0 bridgehead atoms. The van der Waals surface area contributed by atoms with E-state index < -0.39 is 6.43 Å². The number of rotatable bonds is 6. The minimum Gasteiger partial charge on any atom is -0.381 e. The first-order valence-corrected chi connectivity index (χ1v) is 5.40. The largest absolute Gasteiger partial charge is 0.381 e. The van der Waals surface area contributed by atoms with Gasteiger partial charge in [-0.3, -0.25) is 4.90 Å². The van der Waals surface area contributed by atoms with Crippen LogP contribution in [0.3, 0.4) is 0 Å². The Morgan fingerprint density at radius 3 is 2.79 bits per heavy atom. The fourth-order valence-corrected chi connectivity index (χ4v) is 1.90. The minimum absolute atomic E-state index is 0.177. The molecule has 1 aliphatic heterocycles. The summed E-state index contributed by atoms with van der Waals surface area (Å²) in [5.74, 6) is 0.803. The van der Waals surface area contributed by atoms with E-state index in [4.69, 9.17) is 16.3 Å². The van der Waals surface area contributed by atoms with Crippen LogP contribution in [0, 0.1) is 5.92 Å². The molecule has 84 valence electrons. The second-order valence-electron chi connectivity index (χ2n) is 3.57. The van der Waals surface area contributed by atoms with Gasteiger partial charge in [0.25, 0.3) is 6.43 Å². The molecule has 0 aromatic heterocycles. The predicted octanol–water partition coefficient (Wildman–Crippen LogP) is 1.83. The summed E-state index contributed by atoms with van der Waals surface area (Å²) in [6.07, 6.45) is -1.30. The van der Waals surface area contributed by atoms with E-state index in [9.17, 15) is 8.78 Å². The van der Waals surface area contributed by atoms with Crippen molar-refractivity contribution >= 4 is 11.6 Å². The van der Waals surface area contributed by atoms with Crippen LogP contribution in [0.5, 0.6) is 0 Å². The van der Waals surface area contributed by atoms with E-state index >= 15 is 0 Å². The Morgan fingerprint density at radius 2 is 2.29 bits per heavy atom. The van der Waals surface area contributed by atoms with Gasteiger partial charge >= 0.3 is 0 Å². The van der Waals surface area contributed by atoms with Crippen LogP contribution < -0.4 is 0 Å². The lowest BCUT2D eigenvalue weighted by molar-refractivity contribution is 0.0806. The molecule has 0 aromatic rings. The number of alkyl halides is 3. The van der Waals surface area contributed by atoms with Crippen molar-refractivity contribution < 1.29 is 13.5 Å². The van der Waals surface area contributed by atoms with Crippen molar-refractivity contribution in [3.8, 4) is 0 Å². The highest BCUT2D eigenvalue weighted by Crippen LogP contribution is 2.14. The molecule has 1 rings (SSSR count). The van der Waals surface area contributed by atoms with Gasteiger partial charge in [0, 0.05) is 25.6 Å². The summed E-state index contributed by atoms with van der Waals surface area (Å²) < 4.78 is 29.5. The summed E-state index contributed by atoms with van der Waals surface area (Å²) in [5.41, 5.74) is 0. The zero-order valence-corrected chi connectivity index (χ0v) is 8.85. The number of ether oxygens (including phenoxy) is 1. The van der Waals surface area contributed by atoms with Crippen LogP contribution in [0.1, 0.15) is 6.42 Å². The van der Waals surface area contributed by atoms with Gasteiger partial charge in [-0.15, -0.1) is 11.6 Å². The summed E-state index contributed by atoms with van der Waals surface area (Å²) in [6.45, 7) is 2.48. The first-order chi connectivity index (χ1) is 6.72. The Bertz CT molecular complexity index is 154. The smallest absolute Gasteiger partial charge is 0.251 e. The number of hydrogen-bond acceptors (Lipinski definition) is 2. The van der Waals surface area contributed by atoms with Gasteiger partial charge in [0.1, 0.15) is 0 Å². The maximum atomic E-state index is 12.2. The first kappa shape index (κ1) is 12.1. The molecular weight excluding hydrogens is 212 g/mol. The second-order valence-corrected chi connectivity index (χ2v) is 3.95. The van der Waals surface area contributed by atoms with Crippen molar-refractivity contribution in [1.82, 2.24) is 4.90 Å². The van der Waals surface area contributed by atoms with E-state index in [0.717, 1.165) is 13.0 Å². The van der Waals surface area contributed by atoms with Crippen LogP contribution in [0.25, 0.3) is 0 Å². The molecule has 1 saturated heterocycles. The van der Waals surface area contributed by atoms with Gasteiger partial charge in [-0.1, -0.05) is 0 Å². The highest BCUT2D eigenvalue weighted by molar-refractivity contribution is 6.18. The normalized spacial score (nSPS) is 22.5. The van der Waals surface area contributed by atoms with E-state index in [1.807, 2.05) is 0 Å². The molecule has 1 heterocycles. The molecule has 0 spiro atoms. The molecule has 1 fully saturated rings. The summed E-state index contributed by atoms with van der Waals surface area (Å²) in [7, 11) is 0. The van der Waals surface area contributed by atoms with Gasteiger partial charge in [-0.05, 0) is 12.3 Å². The molecule has 0 aromatic carbocycles. The van der Waals surface area contributed by atoms with Crippen LogP contribution in [-0.2, 0) is 4.74 Å². The minimum atomic E-state index is -2.28. The lowest BCUT2D eigenvalue weighted by Crippen LogP contribution is -2.35. The molecule has 2 nitrogen and oxygen atoms in total. The summed E-state index contributed by atoms with van der Waals surface area (Å²) in [4.78, 5) is 1.72. The Morgan fingerprint density at radius 1 is 1.50 bits per heavy atom. The van der Waals surface area contributed by atoms with Gasteiger partial charge in [-0.2, -0.15) is 0 Å². The molecule has 0 amide bonds. The fraction of sp³-hybridized carbons (Fsp3) is 1.00. The molecule has 1 atom stereocenters. The van der Waals surface area contributed by atoms with E-state index in [2.05, 4.69) is 0 Å². The first-order valence-electron chi connectivity index (χ1n) is 4.86. The van der Waals surface area contributed by atoms with Crippen LogP contribution in [0.2, 0.25) is 0 Å². The highest BCUT2D eigenvalue weighted by atomic mass is 35.5. The lowest BCUT2D eigenvalue weighted by atomic mass is 10.1. The molecule has 0 radical (unpaired) electrons. The van der Waals surface area contributed by atoms with E-state index in [-0.39, 0.29) is 6.54 Å². The maximum Gasteiger partial charge on any atom is 0.251 e. The van der Waals surface area contributed by atoms with Gasteiger partial charge in [0.15, 0.2) is 0 Å². The Balaban J connectivity index is 2.25. The number of nitrogens with zero attached hydrogens (tertiary/aromatic N) is 1. The van der Waals surface area contributed by atoms with Crippen LogP contribution in [0.15, 0.2) is 0 Å². The average Bonchev–Trinajstić information content (AvgIpc) is 2.56. The molecule has 0 aliphatic carbocycles. The van der Waals surface area contributed by atoms with Crippen molar-refractivity contribution in [3.63, 3.8) is 0 Å². The van der Waals surface area contributed by atoms with Gasteiger partial charge in [0.05, 0.1) is 13.2 Å². The van der Waals surface area contributed by atoms with Crippen molar-refractivity contribution in [2.45, 2.75) is 12.8 Å². The summed E-state index contributed by atoms with van der Waals surface area (Å²) in [5, 5.41) is 0. The summed E-state index contributed by atoms with van der Waals surface area (Å²) >= 11 is 5.55. The van der Waals surface area contributed by atoms with E-state index in [1.165, 1.54) is 0 Å². The van der Waals surface area contributed by atoms with E-state index in [0.29, 0.717) is 31.5 Å². The SMILES string of the molecule is FC(F)CN(CCCl)CC1CCOC1. The number of hydrogen-bond donors (Lipinski definition) is 0. The quantitative estimate of drug-likeness (QED) is 0.642. The molecule has 0 saturated carbocycles. The predicted molar refractivity (Wildman–Crippen MR) is 52.1 cm³/mol. The fourth-order valence-electron chi connectivity index (χ4n) is 1.66. The molecule has 5 heteroatoms. The Kier molecular flexibility index (Phi) is 5.67. The van der Waals surface area contributed by atoms with Gasteiger partial charge in [-0.25, -0.2) is 8.78 Å². The molecule has 0 N–H and O–H groups in total. The highest BCUT2D eigenvalue weighted by Gasteiger charge is 2.20. The Labute approximate surface area is 88.2 Å². The standard InChI is InChI=1S/C9H16ClF2NO/c10-2-3-13(6-9(11)12)5-8-1-4-14-7-8/h8-9H,1-7H2. The molecule has 14 heavy (non-hydrogen) atoms. The topological polar surface area (TPSA) is 12.5 Å². The third-order valence-electron chi connectivity index (χ3n) is 2.34. The zero-order chi connectivity index (χ0) is 10.4. The van der Waals surface area contributed by atoms with Gasteiger partial charge in [0.2, 0.25) is 0 Å².